The van der Waals surface area contributed by atoms with Crippen molar-refractivity contribution in [1.82, 2.24) is 4.98 Å². The largest absolute Gasteiger partial charge is 0.494 e. The summed E-state index contributed by atoms with van der Waals surface area (Å²) in [7, 11) is 0. The molecule has 0 radical (unpaired) electrons. The molecule has 3 rings (SSSR count). The summed E-state index contributed by atoms with van der Waals surface area (Å²) in [6, 6.07) is 14.9. The molecule has 0 fully saturated rings. The normalized spacial score (nSPS) is 10.5. The van der Waals surface area contributed by atoms with Gasteiger partial charge in [-0.05, 0) is 55.5 Å². The van der Waals surface area contributed by atoms with Crippen LogP contribution in [0.2, 0.25) is 0 Å². The summed E-state index contributed by atoms with van der Waals surface area (Å²) in [5, 5.41) is 3.90. The van der Waals surface area contributed by atoms with E-state index in [1.807, 2.05) is 61.7 Å². The molecule has 0 aliphatic carbocycles. The van der Waals surface area contributed by atoms with E-state index in [-0.39, 0.29) is 5.91 Å². The standard InChI is InChI=1S/C17H16N2O2/c1-2-21-15-6-4-14(5-7-15)19-17(20)13-3-8-16-12(11-13)9-10-18-16/h3-11,18H,2H2,1H3,(H,19,20). The Morgan fingerprint density at radius 3 is 2.71 bits per heavy atom. The van der Waals surface area contributed by atoms with Gasteiger partial charge in [0.2, 0.25) is 0 Å². The highest BCUT2D eigenvalue weighted by Gasteiger charge is 2.07. The van der Waals surface area contributed by atoms with E-state index in [2.05, 4.69) is 10.3 Å². The molecule has 2 aromatic carbocycles. The zero-order chi connectivity index (χ0) is 14.7. The number of nitrogens with one attached hydrogen (secondary N) is 2. The van der Waals surface area contributed by atoms with Crippen LogP contribution in [-0.4, -0.2) is 17.5 Å². The van der Waals surface area contributed by atoms with E-state index in [4.69, 9.17) is 4.74 Å². The third-order valence-electron chi connectivity index (χ3n) is 3.24. The minimum atomic E-state index is -0.123. The van der Waals surface area contributed by atoms with Crippen LogP contribution in [0.3, 0.4) is 0 Å². The van der Waals surface area contributed by atoms with Crippen LogP contribution in [0.1, 0.15) is 17.3 Å². The second-order valence-corrected chi connectivity index (χ2v) is 4.69. The SMILES string of the molecule is CCOc1ccc(NC(=O)c2ccc3[nH]ccc3c2)cc1. The monoisotopic (exact) mass is 280 g/mol. The molecule has 0 atom stereocenters. The molecule has 106 valence electrons. The Labute approximate surface area is 122 Å². The molecule has 0 saturated heterocycles. The quantitative estimate of drug-likeness (QED) is 0.763. The third-order valence-corrected chi connectivity index (χ3v) is 3.24. The fraction of sp³-hybridized carbons (Fsp3) is 0.118. The Hall–Kier alpha value is -2.75. The number of H-pyrrole nitrogens is 1. The molecule has 1 aromatic heterocycles. The van der Waals surface area contributed by atoms with Crippen LogP contribution < -0.4 is 10.1 Å². The summed E-state index contributed by atoms with van der Waals surface area (Å²) in [4.78, 5) is 15.3. The van der Waals surface area contributed by atoms with Gasteiger partial charge in [0.15, 0.2) is 0 Å². The van der Waals surface area contributed by atoms with Crippen LogP contribution in [0.15, 0.2) is 54.7 Å². The summed E-state index contributed by atoms with van der Waals surface area (Å²) in [5.74, 6) is 0.673. The van der Waals surface area contributed by atoms with Crippen molar-refractivity contribution in [3.05, 3.63) is 60.3 Å². The first-order chi connectivity index (χ1) is 10.3. The fourth-order valence-corrected chi connectivity index (χ4v) is 2.20. The van der Waals surface area contributed by atoms with Crippen molar-refractivity contribution in [2.45, 2.75) is 6.92 Å². The van der Waals surface area contributed by atoms with Crippen LogP contribution in [-0.2, 0) is 0 Å². The van der Waals surface area contributed by atoms with Crippen molar-refractivity contribution in [2.24, 2.45) is 0 Å². The average molecular weight is 280 g/mol. The average Bonchev–Trinajstić information content (AvgIpc) is 2.97. The van der Waals surface area contributed by atoms with Crippen LogP contribution in [0.4, 0.5) is 5.69 Å². The second-order valence-electron chi connectivity index (χ2n) is 4.69. The number of rotatable bonds is 4. The number of anilines is 1. The second kappa shape index (κ2) is 5.71. The maximum atomic E-state index is 12.2. The highest BCUT2D eigenvalue weighted by Crippen LogP contribution is 2.18. The number of aromatic nitrogens is 1. The maximum Gasteiger partial charge on any atom is 0.255 e. The summed E-state index contributed by atoms with van der Waals surface area (Å²) in [6.45, 7) is 2.56. The number of ether oxygens (including phenoxy) is 1. The zero-order valence-electron chi connectivity index (χ0n) is 11.7. The lowest BCUT2D eigenvalue weighted by molar-refractivity contribution is 0.102. The zero-order valence-corrected chi connectivity index (χ0v) is 11.7. The van der Waals surface area contributed by atoms with Gasteiger partial charge in [-0.1, -0.05) is 0 Å². The van der Waals surface area contributed by atoms with Crippen molar-refractivity contribution in [2.75, 3.05) is 11.9 Å². The number of carbonyl (C=O) groups excluding carboxylic acids is 1. The number of aromatic amines is 1. The van der Waals surface area contributed by atoms with Gasteiger partial charge in [-0.15, -0.1) is 0 Å². The molecule has 0 aliphatic heterocycles. The molecule has 1 amide bonds. The van der Waals surface area contributed by atoms with Gasteiger partial charge >= 0.3 is 0 Å². The number of benzene rings is 2. The predicted molar refractivity (Wildman–Crippen MR) is 83.9 cm³/mol. The van der Waals surface area contributed by atoms with Crippen LogP contribution >= 0.6 is 0 Å². The van der Waals surface area contributed by atoms with Gasteiger partial charge in [0.1, 0.15) is 5.75 Å². The highest BCUT2D eigenvalue weighted by molar-refractivity contribution is 6.06. The third kappa shape index (κ3) is 2.89. The van der Waals surface area contributed by atoms with E-state index in [1.54, 1.807) is 0 Å². The first kappa shape index (κ1) is 13.2. The number of hydrogen-bond acceptors (Lipinski definition) is 2. The van der Waals surface area contributed by atoms with E-state index < -0.39 is 0 Å². The molecule has 0 bridgehead atoms. The predicted octanol–water partition coefficient (Wildman–Crippen LogP) is 3.82. The minimum absolute atomic E-state index is 0.123. The smallest absolute Gasteiger partial charge is 0.255 e. The summed E-state index contributed by atoms with van der Waals surface area (Å²) in [6.07, 6.45) is 1.86. The number of amides is 1. The van der Waals surface area contributed by atoms with Crippen molar-refractivity contribution < 1.29 is 9.53 Å². The maximum absolute atomic E-state index is 12.2. The van der Waals surface area contributed by atoms with Gasteiger partial charge in [-0.3, -0.25) is 4.79 Å². The lowest BCUT2D eigenvalue weighted by Gasteiger charge is -2.07. The van der Waals surface area contributed by atoms with Crippen LogP contribution in [0, 0.1) is 0 Å². The molecule has 0 unspecified atom stereocenters. The van der Waals surface area contributed by atoms with Gasteiger partial charge in [-0.25, -0.2) is 0 Å². The van der Waals surface area contributed by atoms with Gasteiger partial charge in [0.05, 0.1) is 6.61 Å². The van der Waals surface area contributed by atoms with Crippen molar-refractivity contribution in [3.63, 3.8) is 0 Å². The van der Waals surface area contributed by atoms with Crippen molar-refractivity contribution >= 4 is 22.5 Å². The Kier molecular flexibility index (Phi) is 3.60. The van der Waals surface area contributed by atoms with Crippen LogP contribution in [0.5, 0.6) is 5.75 Å². The molecule has 0 saturated carbocycles. The molecule has 2 N–H and O–H groups in total. The molecule has 0 aliphatic rings. The molecule has 3 aromatic rings. The fourth-order valence-electron chi connectivity index (χ4n) is 2.20. The molecule has 4 nitrogen and oxygen atoms in total. The van der Waals surface area contributed by atoms with Gasteiger partial charge in [0.25, 0.3) is 5.91 Å². The molecule has 4 heteroatoms. The van der Waals surface area contributed by atoms with Crippen molar-refractivity contribution in [1.29, 1.82) is 0 Å². The lowest BCUT2D eigenvalue weighted by Crippen LogP contribution is -2.11. The van der Waals surface area contributed by atoms with Gasteiger partial charge in [0, 0.05) is 28.4 Å². The van der Waals surface area contributed by atoms with E-state index >= 15 is 0 Å². The molecule has 0 spiro atoms. The van der Waals surface area contributed by atoms with E-state index in [1.165, 1.54) is 0 Å². The minimum Gasteiger partial charge on any atom is -0.494 e. The molecular formula is C17H16N2O2. The van der Waals surface area contributed by atoms with E-state index in [0.29, 0.717) is 12.2 Å². The number of hydrogen-bond donors (Lipinski definition) is 2. The molecular weight excluding hydrogens is 264 g/mol. The summed E-state index contributed by atoms with van der Waals surface area (Å²) >= 11 is 0. The Balaban J connectivity index is 1.75. The van der Waals surface area contributed by atoms with E-state index in [9.17, 15) is 4.79 Å². The summed E-state index contributed by atoms with van der Waals surface area (Å²) < 4.78 is 5.37. The number of fused-ring (bicyclic) bond motifs is 1. The summed E-state index contributed by atoms with van der Waals surface area (Å²) in [5.41, 5.74) is 2.40. The first-order valence-electron chi connectivity index (χ1n) is 6.87. The van der Waals surface area contributed by atoms with E-state index in [0.717, 1.165) is 22.3 Å². The Morgan fingerprint density at radius 1 is 1.14 bits per heavy atom. The lowest BCUT2D eigenvalue weighted by atomic mass is 10.1. The van der Waals surface area contributed by atoms with Crippen molar-refractivity contribution in [3.8, 4) is 5.75 Å². The molecule has 1 heterocycles. The topological polar surface area (TPSA) is 54.1 Å². The van der Waals surface area contributed by atoms with Crippen LogP contribution in [0.25, 0.3) is 10.9 Å². The Morgan fingerprint density at radius 2 is 1.95 bits per heavy atom. The molecule has 21 heavy (non-hydrogen) atoms. The highest BCUT2D eigenvalue weighted by atomic mass is 16.5. The Bertz CT molecular complexity index is 760. The van der Waals surface area contributed by atoms with Gasteiger partial charge < -0.3 is 15.0 Å². The van der Waals surface area contributed by atoms with Gasteiger partial charge in [-0.2, -0.15) is 0 Å². The number of carbonyl (C=O) groups is 1. The first-order valence-corrected chi connectivity index (χ1v) is 6.87.